The number of benzene rings is 2. The molecule has 3 heterocycles. The fourth-order valence-corrected chi connectivity index (χ4v) is 9.44. The highest BCUT2D eigenvalue weighted by Gasteiger charge is 2.62. The Morgan fingerprint density at radius 3 is 2.13 bits per heavy atom. The lowest BCUT2D eigenvalue weighted by molar-refractivity contribution is -0.147. The van der Waals surface area contributed by atoms with Crippen LogP contribution in [0.5, 0.6) is 23.0 Å². The summed E-state index contributed by atoms with van der Waals surface area (Å²) >= 11 is 0. The van der Waals surface area contributed by atoms with Gasteiger partial charge in [0, 0.05) is 56.6 Å². The van der Waals surface area contributed by atoms with Crippen LogP contribution < -0.4 is 30.1 Å². The van der Waals surface area contributed by atoms with Gasteiger partial charge in [-0.1, -0.05) is 13.8 Å². The fourth-order valence-electron chi connectivity index (χ4n) is 9.44. The van der Waals surface area contributed by atoms with Gasteiger partial charge in [0.05, 0.1) is 34.0 Å². The summed E-state index contributed by atoms with van der Waals surface area (Å²) in [6.07, 6.45) is 5.19. The lowest BCUT2D eigenvalue weighted by Gasteiger charge is -2.63. The summed E-state index contributed by atoms with van der Waals surface area (Å²) in [7, 11) is 6.84. The van der Waals surface area contributed by atoms with Gasteiger partial charge >= 0.3 is 0 Å². The molecule has 4 aliphatic rings. The van der Waals surface area contributed by atoms with Gasteiger partial charge in [-0.25, -0.2) is 5.01 Å². The molecule has 1 spiro atoms. The monoisotopic (exact) mass is 635 g/mol. The summed E-state index contributed by atoms with van der Waals surface area (Å²) in [5, 5.41) is 5.98. The van der Waals surface area contributed by atoms with Crippen LogP contribution in [-0.4, -0.2) is 95.0 Å². The molecule has 2 aromatic rings. The van der Waals surface area contributed by atoms with Gasteiger partial charge in [0.15, 0.2) is 23.0 Å². The van der Waals surface area contributed by atoms with E-state index in [1.807, 2.05) is 5.01 Å². The number of amides is 1. The van der Waals surface area contributed by atoms with E-state index in [1.54, 1.807) is 28.4 Å². The summed E-state index contributed by atoms with van der Waals surface area (Å²) in [6.45, 7) is 10.1. The van der Waals surface area contributed by atoms with Crippen LogP contribution in [0.2, 0.25) is 0 Å². The number of ether oxygens (including phenoxy) is 4. The molecule has 1 amide bonds. The quantitative estimate of drug-likeness (QED) is 0.419. The summed E-state index contributed by atoms with van der Waals surface area (Å²) in [6, 6.07) is 8.85. The molecule has 0 bridgehead atoms. The fraction of sp³-hybridized carbons (Fsp3) is 0.639. The van der Waals surface area contributed by atoms with Crippen molar-refractivity contribution >= 4 is 5.91 Å². The van der Waals surface area contributed by atoms with Crippen LogP contribution >= 0.6 is 0 Å². The Labute approximate surface area is 274 Å². The molecule has 3 N–H and O–H groups in total. The number of methoxy groups -OCH3 is 4. The van der Waals surface area contributed by atoms with Gasteiger partial charge in [-0.2, -0.15) is 0 Å². The molecule has 4 atom stereocenters. The van der Waals surface area contributed by atoms with E-state index in [1.165, 1.54) is 22.3 Å². The number of hydrogen-bond donors (Lipinski definition) is 2. The number of hydrazine groups is 1. The highest BCUT2D eigenvalue weighted by atomic mass is 16.5. The van der Waals surface area contributed by atoms with Crippen molar-refractivity contribution in [1.29, 1.82) is 0 Å². The van der Waals surface area contributed by atoms with Crippen LogP contribution in [-0.2, 0) is 23.2 Å². The maximum Gasteiger partial charge on any atom is 0.225 e. The van der Waals surface area contributed by atoms with Crippen molar-refractivity contribution in [3.63, 3.8) is 0 Å². The maximum atomic E-state index is 14.4. The summed E-state index contributed by atoms with van der Waals surface area (Å²) in [4.78, 5) is 19.1. The van der Waals surface area contributed by atoms with Crippen molar-refractivity contribution in [3.8, 4) is 23.0 Å². The van der Waals surface area contributed by atoms with Crippen LogP contribution in [0, 0.1) is 11.3 Å². The number of hydrogen-bond acceptors (Lipinski definition) is 9. The predicted octanol–water partition coefficient (Wildman–Crippen LogP) is 3.90. The van der Waals surface area contributed by atoms with Crippen molar-refractivity contribution in [1.82, 2.24) is 20.1 Å². The molecule has 2 fully saturated rings. The van der Waals surface area contributed by atoms with Gasteiger partial charge in [-0.15, -0.1) is 0 Å². The molecule has 1 saturated heterocycles. The van der Waals surface area contributed by atoms with Crippen LogP contribution in [0.3, 0.4) is 0 Å². The molecule has 2 aromatic carbocycles. The largest absolute Gasteiger partial charge is 0.493 e. The normalized spacial score (nSPS) is 28.4. The second-order valence-corrected chi connectivity index (χ2v) is 13.4. The van der Waals surface area contributed by atoms with E-state index in [2.05, 4.69) is 53.2 Å². The lowest BCUT2D eigenvalue weighted by atomic mass is 9.49. The number of nitrogens with two attached hydrogens (primary N) is 1. The third kappa shape index (κ3) is 5.21. The molecule has 6 rings (SSSR count). The summed E-state index contributed by atoms with van der Waals surface area (Å²) in [5.74, 6) is 9.30. The molecule has 3 aliphatic heterocycles. The minimum atomic E-state index is -0.387. The van der Waals surface area contributed by atoms with E-state index in [4.69, 9.17) is 24.8 Å². The Kier molecular flexibility index (Phi) is 9.45. The van der Waals surface area contributed by atoms with E-state index in [-0.39, 0.29) is 28.8 Å². The van der Waals surface area contributed by atoms with Crippen molar-refractivity contribution in [2.75, 3.05) is 74.3 Å². The van der Waals surface area contributed by atoms with Gasteiger partial charge in [0.1, 0.15) is 0 Å². The Bertz CT molecular complexity index is 1430. The average molecular weight is 636 g/mol. The first-order valence-electron chi connectivity index (χ1n) is 17.1. The van der Waals surface area contributed by atoms with Gasteiger partial charge in [-0.3, -0.25) is 15.5 Å². The van der Waals surface area contributed by atoms with E-state index >= 15 is 0 Å². The SMILES string of the molecule is CCN1CCc2cc(OC)c(OC)cc2C1C1(CC)CC(C(=O)N2CCN(N)CC2)CCC12NCCc1cc(OC)c(OC)cc12. The topological polar surface area (TPSA) is 102 Å². The molecule has 10 nitrogen and oxygen atoms in total. The molecular formula is C36H53N5O5. The van der Waals surface area contributed by atoms with E-state index < -0.39 is 0 Å². The lowest BCUT2D eigenvalue weighted by Crippen LogP contribution is -2.66. The maximum absolute atomic E-state index is 14.4. The second-order valence-electron chi connectivity index (χ2n) is 13.4. The van der Waals surface area contributed by atoms with E-state index in [0.717, 1.165) is 81.2 Å². The molecule has 10 heteroatoms. The second kappa shape index (κ2) is 13.2. The highest BCUT2D eigenvalue weighted by molar-refractivity contribution is 5.79. The van der Waals surface area contributed by atoms with E-state index in [9.17, 15) is 4.79 Å². The third-order valence-electron chi connectivity index (χ3n) is 11.7. The number of nitrogens with one attached hydrogen (secondary N) is 1. The van der Waals surface area contributed by atoms with Gasteiger partial charge < -0.3 is 29.2 Å². The van der Waals surface area contributed by atoms with Gasteiger partial charge in [0.25, 0.3) is 0 Å². The number of rotatable bonds is 8. The standard InChI is InChI=1S/C36H53N5O5/c1-7-35(33-27-21-31(45-5)29(43-3)19-24(27)11-14-39(33)8-2)23-26(34(42)40-15-17-41(37)18-16-40)9-12-36(35)28-22-32(46-6)30(44-4)20-25(28)10-13-38-36/h19-22,26,33,38H,7-18,23,37H2,1-6H3. The minimum Gasteiger partial charge on any atom is -0.493 e. The van der Waals surface area contributed by atoms with Crippen LogP contribution in [0.15, 0.2) is 24.3 Å². The molecule has 0 radical (unpaired) electrons. The molecule has 252 valence electrons. The van der Waals surface area contributed by atoms with Crippen LogP contribution in [0.25, 0.3) is 0 Å². The molecular weight excluding hydrogens is 582 g/mol. The molecule has 4 unspecified atom stereocenters. The summed E-state index contributed by atoms with van der Waals surface area (Å²) in [5.41, 5.74) is 4.44. The van der Waals surface area contributed by atoms with Gasteiger partial charge in [-0.05, 0) is 91.6 Å². The number of nitrogens with zero attached hydrogens (tertiary/aromatic N) is 3. The highest BCUT2D eigenvalue weighted by Crippen LogP contribution is 2.64. The van der Waals surface area contributed by atoms with Crippen molar-refractivity contribution in [2.24, 2.45) is 17.2 Å². The molecule has 1 aliphatic carbocycles. The predicted molar refractivity (Wildman–Crippen MR) is 179 cm³/mol. The zero-order valence-corrected chi connectivity index (χ0v) is 28.6. The van der Waals surface area contributed by atoms with Crippen LogP contribution in [0.1, 0.15) is 67.8 Å². The number of piperazine rings is 1. The minimum absolute atomic E-state index is 0.0501. The van der Waals surface area contributed by atoms with Crippen molar-refractivity contribution in [2.45, 2.75) is 64.0 Å². The van der Waals surface area contributed by atoms with Crippen molar-refractivity contribution < 1.29 is 23.7 Å². The zero-order valence-electron chi connectivity index (χ0n) is 28.6. The van der Waals surface area contributed by atoms with Gasteiger partial charge in [0.2, 0.25) is 5.91 Å². The van der Waals surface area contributed by atoms with Crippen LogP contribution in [0.4, 0.5) is 0 Å². The first-order chi connectivity index (χ1) is 22.3. The smallest absolute Gasteiger partial charge is 0.225 e. The van der Waals surface area contributed by atoms with Crippen molar-refractivity contribution in [3.05, 3.63) is 46.5 Å². The number of carbonyl (C=O) groups is 1. The Morgan fingerprint density at radius 2 is 1.50 bits per heavy atom. The Hall–Kier alpha value is -3.05. The summed E-state index contributed by atoms with van der Waals surface area (Å²) < 4.78 is 23.4. The third-order valence-corrected chi connectivity index (χ3v) is 11.7. The molecule has 0 aromatic heterocycles. The molecule has 1 saturated carbocycles. The average Bonchev–Trinajstić information content (AvgIpc) is 3.10. The zero-order chi connectivity index (χ0) is 32.6. The number of likely N-dealkylation sites (N-methyl/N-ethyl adjacent to an activating group) is 1. The Morgan fingerprint density at radius 1 is 0.870 bits per heavy atom. The number of carbonyl (C=O) groups excluding carboxylic acids is 1. The first kappa shape index (κ1) is 32.9. The molecule has 46 heavy (non-hydrogen) atoms. The number of fused-ring (bicyclic) bond motifs is 3. The van der Waals surface area contributed by atoms with E-state index in [0.29, 0.717) is 26.2 Å². The Balaban J connectivity index is 1.56. The first-order valence-corrected chi connectivity index (χ1v) is 17.1.